The van der Waals surface area contributed by atoms with Crippen LogP contribution in [0, 0.1) is 13.8 Å². The third kappa shape index (κ3) is 8.39. The molecule has 0 aliphatic heterocycles. The topological polar surface area (TPSA) is 24.9 Å². The van der Waals surface area contributed by atoms with Gasteiger partial charge >= 0.3 is 0 Å². The molecule has 0 aromatic carbocycles. The van der Waals surface area contributed by atoms with Gasteiger partial charge in [-0.1, -0.05) is 61.4 Å². The van der Waals surface area contributed by atoms with Crippen molar-refractivity contribution in [1.82, 2.24) is 4.98 Å². The van der Waals surface area contributed by atoms with Crippen molar-refractivity contribution < 1.29 is 0 Å². The molecule has 1 heterocycles. The average Bonchev–Trinajstić information content (AvgIpc) is 2.57. The minimum atomic E-state index is 0.879. The van der Waals surface area contributed by atoms with Crippen LogP contribution in [0.25, 0.3) is 6.08 Å². The molecule has 0 fully saturated rings. The standard InChI is InChI=1S/C23H32N2S/c1-8-9-10-11-12-20(6)26-25-23-16-19(5)21(7)22(24-23)14-13-18(4)15-17(2)3/h10-16H,2,8-9H2,1,3-7H3,(H,24,25)/b11-10-,14-13+,18-15-,20-12+. The molecule has 0 bridgehead atoms. The second-order valence-corrected chi connectivity index (χ2v) is 7.65. The van der Waals surface area contributed by atoms with Crippen molar-refractivity contribution >= 4 is 23.8 Å². The lowest BCUT2D eigenvalue weighted by atomic mass is 10.1. The number of nitrogens with zero attached hydrogens (tertiary/aromatic N) is 1. The molecule has 2 nitrogen and oxygen atoms in total. The summed E-state index contributed by atoms with van der Waals surface area (Å²) in [6.45, 7) is 16.5. The summed E-state index contributed by atoms with van der Waals surface area (Å²) < 4.78 is 3.35. The summed E-state index contributed by atoms with van der Waals surface area (Å²) in [5.74, 6) is 0.879. The van der Waals surface area contributed by atoms with E-state index in [2.05, 4.69) is 88.4 Å². The highest BCUT2D eigenvalue weighted by Gasteiger charge is 2.04. The largest absolute Gasteiger partial charge is 0.310 e. The molecule has 0 radical (unpaired) electrons. The van der Waals surface area contributed by atoms with Gasteiger partial charge in [0.05, 0.1) is 5.69 Å². The van der Waals surface area contributed by atoms with E-state index >= 15 is 0 Å². The summed E-state index contributed by atoms with van der Waals surface area (Å²) in [5, 5.41) is 0. The zero-order chi connectivity index (χ0) is 19.5. The maximum Gasteiger partial charge on any atom is 0.137 e. The number of aromatic nitrogens is 1. The predicted octanol–water partition coefficient (Wildman–Crippen LogP) is 7.55. The molecule has 0 saturated carbocycles. The van der Waals surface area contributed by atoms with Crippen LogP contribution in [0.15, 0.2) is 59.1 Å². The summed E-state index contributed by atoms with van der Waals surface area (Å²) in [6.07, 6.45) is 15.0. The molecule has 0 aliphatic rings. The Bertz CT molecular complexity index is 737. The van der Waals surface area contributed by atoms with Crippen LogP contribution in [0.4, 0.5) is 5.82 Å². The number of pyridine rings is 1. The number of rotatable bonds is 9. The van der Waals surface area contributed by atoms with Crippen LogP contribution in [0.1, 0.15) is 57.4 Å². The van der Waals surface area contributed by atoms with Gasteiger partial charge in [0.1, 0.15) is 5.82 Å². The van der Waals surface area contributed by atoms with Crippen molar-refractivity contribution in [3.8, 4) is 0 Å². The zero-order valence-electron chi connectivity index (χ0n) is 17.0. The van der Waals surface area contributed by atoms with E-state index in [1.54, 1.807) is 11.9 Å². The smallest absolute Gasteiger partial charge is 0.137 e. The van der Waals surface area contributed by atoms with E-state index in [0.717, 1.165) is 23.5 Å². The van der Waals surface area contributed by atoms with Gasteiger partial charge in [0, 0.05) is 4.91 Å². The van der Waals surface area contributed by atoms with Crippen LogP contribution in [-0.4, -0.2) is 4.98 Å². The fraction of sp³-hybridized carbons (Fsp3) is 0.348. The van der Waals surface area contributed by atoms with E-state index < -0.39 is 0 Å². The molecule has 3 heteroatoms. The van der Waals surface area contributed by atoms with Crippen molar-refractivity contribution in [2.75, 3.05) is 4.72 Å². The molecule has 0 spiro atoms. The molecule has 140 valence electrons. The summed E-state index contributed by atoms with van der Waals surface area (Å²) >= 11 is 1.59. The Hall–Kier alpha value is -2.00. The number of nitrogens with one attached hydrogen (secondary N) is 1. The number of aryl methyl sites for hydroxylation is 1. The van der Waals surface area contributed by atoms with E-state index in [9.17, 15) is 0 Å². The summed E-state index contributed by atoms with van der Waals surface area (Å²) in [6, 6.07) is 2.09. The van der Waals surface area contributed by atoms with E-state index in [1.165, 1.54) is 28.0 Å². The van der Waals surface area contributed by atoms with Gasteiger partial charge in [-0.2, -0.15) is 0 Å². The van der Waals surface area contributed by atoms with Crippen LogP contribution in [0.2, 0.25) is 0 Å². The molecule has 1 N–H and O–H groups in total. The Morgan fingerprint density at radius 1 is 1.27 bits per heavy atom. The van der Waals surface area contributed by atoms with Crippen LogP contribution >= 0.6 is 11.9 Å². The molecule has 0 amide bonds. The quantitative estimate of drug-likeness (QED) is 0.359. The third-order valence-electron chi connectivity index (χ3n) is 3.79. The Labute approximate surface area is 164 Å². The second kappa shape index (κ2) is 11.6. The number of hydrogen-bond donors (Lipinski definition) is 1. The first-order valence-corrected chi connectivity index (χ1v) is 9.91. The van der Waals surface area contributed by atoms with Gasteiger partial charge in [0.25, 0.3) is 0 Å². The highest BCUT2D eigenvalue weighted by molar-refractivity contribution is 8.04. The number of unbranched alkanes of at least 4 members (excludes halogenated alkanes) is 1. The van der Waals surface area contributed by atoms with Crippen LogP contribution < -0.4 is 4.72 Å². The molecule has 0 aliphatic carbocycles. The van der Waals surface area contributed by atoms with Crippen LogP contribution in [0.3, 0.4) is 0 Å². The van der Waals surface area contributed by atoms with E-state index in [1.807, 2.05) is 6.92 Å². The predicted molar refractivity (Wildman–Crippen MR) is 120 cm³/mol. The lowest BCUT2D eigenvalue weighted by Gasteiger charge is -2.10. The minimum Gasteiger partial charge on any atom is -0.310 e. The average molecular weight is 369 g/mol. The van der Waals surface area contributed by atoms with E-state index in [0.29, 0.717) is 0 Å². The summed E-state index contributed by atoms with van der Waals surface area (Å²) in [4.78, 5) is 5.96. The van der Waals surface area contributed by atoms with Crippen molar-refractivity contribution in [2.24, 2.45) is 0 Å². The molecule has 0 atom stereocenters. The zero-order valence-corrected chi connectivity index (χ0v) is 17.8. The molecule has 1 rings (SSSR count). The molecular weight excluding hydrogens is 336 g/mol. The molecule has 26 heavy (non-hydrogen) atoms. The number of hydrogen-bond acceptors (Lipinski definition) is 3. The fourth-order valence-corrected chi connectivity index (χ4v) is 2.77. The number of anilines is 1. The fourth-order valence-electron chi connectivity index (χ4n) is 2.26. The van der Waals surface area contributed by atoms with Crippen molar-refractivity contribution in [2.45, 2.75) is 54.4 Å². The van der Waals surface area contributed by atoms with Gasteiger partial charge < -0.3 is 4.72 Å². The van der Waals surface area contributed by atoms with Crippen molar-refractivity contribution in [3.63, 3.8) is 0 Å². The second-order valence-electron chi connectivity index (χ2n) is 6.60. The Morgan fingerprint density at radius 3 is 2.65 bits per heavy atom. The molecule has 1 aromatic heterocycles. The Morgan fingerprint density at radius 2 is 2.00 bits per heavy atom. The van der Waals surface area contributed by atoms with E-state index in [4.69, 9.17) is 4.98 Å². The van der Waals surface area contributed by atoms with Gasteiger partial charge in [-0.3, -0.25) is 0 Å². The SMILES string of the molecule is C=C(C)/C=C(C)\C=C\c1nc(NS/C(C)=C/C=C\CCC)cc(C)c1C. The molecule has 0 saturated heterocycles. The Balaban J connectivity index is 2.87. The van der Waals surface area contributed by atoms with Crippen molar-refractivity contribution in [3.05, 3.63) is 75.9 Å². The molecule has 0 unspecified atom stereocenters. The lowest BCUT2D eigenvalue weighted by Crippen LogP contribution is -1.97. The summed E-state index contributed by atoms with van der Waals surface area (Å²) in [5.41, 5.74) is 5.65. The van der Waals surface area contributed by atoms with E-state index in [-0.39, 0.29) is 0 Å². The van der Waals surface area contributed by atoms with Gasteiger partial charge in [-0.05, 0) is 76.3 Å². The highest BCUT2D eigenvalue weighted by Crippen LogP contribution is 2.22. The van der Waals surface area contributed by atoms with Crippen LogP contribution in [-0.2, 0) is 0 Å². The van der Waals surface area contributed by atoms with Gasteiger partial charge in [-0.25, -0.2) is 4.98 Å². The van der Waals surface area contributed by atoms with Gasteiger partial charge in [0.15, 0.2) is 0 Å². The first kappa shape index (κ1) is 22.0. The summed E-state index contributed by atoms with van der Waals surface area (Å²) in [7, 11) is 0. The molecule has 1 aromatic rings. The monoisotopic (exact) mass is 368 g/mol. The first-order valence-electron chi connectivity index (χ1n) is 9.10. The van der Waals surface area contributed by atoms with Crippen molar-refractivity contribution in [1.29, 1.82) is 0 Å². The normalized spacial score (nSPS) is 13.0. The Kier molecular flexibility index (Phi) is 9.82. The molecular formula is C23H32N2S. The van der Waals surface area contributed by atoms with Gasteiger partial charge in [0.2, 0.25) is 0 Å². The number of allylic oxidation sites excluding steroid dienone is 8. The van der Waals surface area contributed by atoms with Crippen LogP contribution in [0.5, 0.6) is 0 Å². The maximum atomic E-state index is 4.75. The maximum absolute atomic E-state index is 4.75. The van der Waals surface area contributed by atoms with Gasteiger partial charge in [-0.15, -0.1) is 0 Å². The lowest BCUT2D eigenvalue weighted by molar-refractivity contribution is 0.959. The minimum absolute atomic E-state index is 0.879. The first-order chi connectivity index (χ1) is 12.3. The highest BCUT2D eigenvalue weighted by atomic mass is 32.2. The third-order valence-corrected chi connectivity index (χ3v) is 4.56.